The summed E-state index contributed by atoms with van der Waals surface area (Å²) in [5.74, 6) is 0.592. The lowest BCUT2D eigenvalue weighted by Crippen LogP contribution is -2.41. The molecule has 6 nitrogen and oxygen atoms in total. The molecule has 0 spiro atoms. The second-order valence-corrected chi connectivity index (χ2v) is 8.09. The van der Waals surface area contributed by atoms with Gasteiger partial charge in [-0.25, -0.2) is 4.39 Å². The van der Waals surface area contributed by atoms with Crippen LogP contribution in [0, 0.1) is 5.82 Å². The summed E-state index contributed by atoms with van der Waals surface area (Å²) in [5.41, 5.74) is 0.820. The molecule has 2 saturated heterocycles. The molecule has 0 aromatic heterocycles. The molecule has 2 heterocycles. The van der Waals surface area contributed by atoms with E-state index in [1.807, 2.05) is 6.07 Å². The zero-order chi connectivity index (χ0) is 21.1. The summed E-state index contributed by atoms with van der Waals surface area (Å²) in [4.78, 5) is 4.85. The highest BCUT2D eigenvalue weighted by atomic mass is 127. The smallest absolute Gasteiger partial charge is 0.191 e. The number of benzene rings is 1. The zero-order valence-electron chi connectivity index (χ0n) is 18.5. The fourth-order valence-electron chi connectivity index (χ4n) is 4.06. The maximum absolute atomic E-state index is 13.9. The molecule has 1 unspecified atom stereocenters. The third-order valence-corrected chi connectivity index (χ3v) is 5.86. The van der Waals surface area contributed by atoms with Gasteiger partial charge in [0.2, 0.25) is 0 Å². The van der Waals surface area contributed by atoms with E-state index >= 15 is 0 Å². The van der Waals surface area contributed by atoms with Crippen LogP contribution in [-0.2, 0) is 19.6 Å². The molecule has 2 aliphatic heterocycles. The Morgan fingerprint density at radius 3 is 2.81 bits per heavy atom. The lowest BCUT2D eigenvalue weighted by atomic mass is 9.74. The Bertz CT molecular complexity index is 665. The molecule has 0 aliphatic carbocycles. The molecule has 2 aliphatic rings. The maximum Gasteiger partial charge on any atom is 0.191 e. The molecule has 2 fully saturated rings. The molecule has 1 aromatic carbocycles. The van der Waals surface area contributed by atoms with Crippen molar-refractivity contribution in [1.82, 2.24) is 10.6 Å². The first-order valence-corrected chi connectivity index (χ1v) is 11.3. The normalized spacial score (nSPS) is 20.8. The van der Waals surface area contributed by atoms with Crippen LogP contribution in [0.5, 0.6) is 0 Å². The molecule has 2 N–H and O–H groups in total. The third kappa shape index (κ3) is 8.47. The van der Waals surface area contributed by atoms with Crippen LogP contribution in [0.1, 0.15) is 44.6 Å². The van der Waals surface area contributed by atoms with E-state index in [1.165, 1.54) is 6.07 Å². The summed E-state index contributed by atoms with van der Waals surface area (Å²) in [5, 5.41) is 6.70. The SMILES string of the molecule is CCNC(=NCC1(c2cccc(F)c2)CCOCC1)NCCCOCC1CCCO1.I. The number of ether oxygens (including phenoxy) is 3. The average Bonchev–Trinajstić information content (AvgIpc) is 3.28. The standard InChI is InChI=1S/C23H36FN3O3.HI/c1-2-25-22(26-11-5-12-29-17-21-8-4-13-30-21)27-18-23(9-14-28-15-10-23)19-6-3-7-20(24)16-19;/h3,6-7,16,21H,2,4-5,8-15,17-18H2,1H3,(H2,25,26,27);1H. The fraction of sp³-hybridized carbons (Fsp3) is 0.696. The van der Waals surface area contributed by atoms with Gasteiger partial charge in [0.15, 0.2) is 5.96 Å². The van der Waals surface area contributed by atoms with Crippen LogP contribution >= 0.6 is 24.0 Å². The highest BCUT2D eigenvalue weighted by Gasteiger charge is 2.34. The van der Waals surface area contributed by atoms with E-state index in [0.717, 1.165) is 63.3 Å². The van der Waals surface area contributed by atoms with E-state index in [4.69, 9.17) is 19.2 Å². The molecule has 0 saturated carbocycles. The Morgan fingerprint density at radius 2 is 2.10 bits per heavy atom. The predicted molar refractivity (Wildman–Crippen MR) is 132 cm³/mol. The summed E-state index contributed by atoms with van der Waals surface area (Å²) in [7, 11) is 0. The maximum atomic E-state index is 13.9. The molecule has 1 atom stereocenters. The van der Waals surface area contributed by atoms with Crippen LogP contribution in [-0.4, -0.2) is 64.7 Å². The summed E-state index contributed by atoms with van der Waals surface area (Å²) in [6, 6.07) is 6.93. The minimum absolute atomic E-state index is 0. The number of rotatable bonds is 10. The van der Waals surface area contributed by atoms with Crippen LogP contribution in [0.3, 0.4) is 0 Å². The van der Waals surface area contributed by atoms with E-state index in [9.17, 15) is 4.39 Å². The van der Waals surface area contributed by atoms with Gasteiger partial charge in [-0.2, -0.15) is 0 Å². The first kappa shape index (κ1) is 26.3. The number of nitrogens with one attached hydrogen (secondary N) is 2. The average molecular weight is 549 g/mol. The van der Waals surface area contributed by atoms with E-state index in [-0.39, 0.29) is 41.3 Å². The fourth-order valence-corrected chi connectivity index (χ4v) is 4.06. The van der Waals surface area contributed by atoms with Gasteiger partial charge in [-0.15, -0.1) is 24.0 Å². The molecule has 1 aromatic rings. The van der Waals surface area contributed by atoms with Crippen molar-refractivity contribution in [3.05, 3.63) is 35.6 Å². The summed E-state index contributed by atoms with van der Waals surface area (Å²) >= 11 is 0. The molecule has 8 heteroatoms. The highest BCUT2D eigenvalue weighted by Crippen LogP contribution is 2.35. The summed E-state index contributed by atoms with van der Waals surface area (Å²) in [6.45, 7) is 7.84. The number of hydrogen-bond donors (Lipinski definition) is 2. The van der Waals surface area contributed by atoms with Crippen molar-refractivity contribution in [2.75, 3.05) is 52.7 Å². The van der Waals surface area contributed by atoms with E-state index in [0.29, 0.717) is 33.0 Å². The van der Waals surface area contributed by atoms with Crippen LogP contribution in [0.25, 0.3) is 0 Å². The first-order valence-electron chi connectivity index (χ1n) is 11.3. The molecule has 0 bridgehead atoms. The van der Waals surface area contributed by atoms with E-state index in [2.05, 4.69) is 17.6 Å². The van der Waals surface area contributed by atoms with Gasteiger partial charge >= 0.3 is 0 Å². The monoisotopic (exact) mass is 549 g/mol. The van der Waals surface area contributed by atoms with Crippen LogP contribution in [0.2, 0.25) is 0 Å². The third-order valence-electron chi connectivity index (χ3n) is 5.86. The van der Waals surface area contributed by atoms with Crippen molar-refractivity contribution < 1.29 is 18.6 Å². The number of guanidine groups is 1. The number of hydrogen-bond acceptors (Lipinski definition) is 4. The minimum Gasteiger partial charge on any atom is -0.381 e. The van der Waals surface area contributed by atoms with Crippen molar-refractivity contribution in [1.29, 1.82) is 0 Å². The largest absolute Gasteiger partial charge is 0.381 e. The molecular weight excluding hydrogens is 512 g/mol. The Morgan fingerprint density at radius 1 is 1.26 bits per heavy atom. The second kappa shape index (κ2) is 14.2. The molecule has 0 amide bonds. The minimum atomic E-state index is -0.199. The lowest BCUT2D eigenvalue weighted by molar-refractivity contribution is 0.0168. The molecule has 176 valence electrons. The van der Waals surface area contributed by atoms with Crippen molar-refractivity contribution >= 4 is 29.9 Å². The number of halogens is 2. The van der Waals surface area contributed by atoms with Gasteiger partial charge in [0.05, 0.1) is 19.3 Å². The Hall–Kier alpha value is -0.970. The van der Waals surface area contributed by atoms with Crippen LogP contribution < -0.4 is 10.6 Å². The van der Waals surface area contributed by atoms with Crippen molar-refractivity contribution in [2.24, 2.45) is 4.99 Å². The van der Waals surface area contributed by atoms with Crippen LogP contribution in [0.15, 0.2) is 29.3 Å². The van der Waals surface area contributed by atoms with Gasteiger partial charge in [0.1, 0.15) is 5.82 Å². The van der Waals surface area contributed by atoms with Gasteiger partial charge in [-0.05, 0) is 56.7 Å². The van der Waals surface area contributed by atoms with Crippen molar-refractivity contribution in [3.63, 3.8) is 0 Å². The quantitative estimate of drug-likeness (QED) is 0.202. The van der Waals surface area contributed by atoms with Gasteiger partial charge < -0.3 is 24.8 Å². The second-order valence-electron chi connectivity index (χ2n) is 8.09. The summed E-state index contributed by atoms with van der Waals surface area (Å²) in [6.07, 6.45) is 5.11. The highest BCUT2D eigenvalue weighted by molar-refractivity contribution is 14.0. The number of aliphatic imine (C=N–C) groups is 1. The topological polar surface area (TPSA) is 64.1 Å². The molecule has 3 rings (SSSR count). The predicted octanol–water partition coefficient (Wildman–Crippen LogP) is 3.63. The Balaban J connectivity index is 0.00000341. The van der Waals surface area contributed by atoms with Gasteiger partial charge in [-0.3, -0.25) is 4.99 Å². The van der Waals surface area contributed by atoms with Crippen molar-refractivity contribution in [2.45, 2.75) is 50.5 Å². The van der Waals surface area contributed by atoms with Gasteiger partial charge in [0, 0.05) is 44.9 Å². The van der Waals surface area contributed by atoms with Crippen LogP contribution in [0.4, 0.5) is 4.39 Å². The van der Waals surface area contributed by atoms with Gasteiger partial charge in [0.25, 0.3) is 0 Å². The number of nitrogens with zero attached hydrogens (tertiary/aromatic N) is 1. The first-order chi connectivity index (χ1) is 14.7. The molecule has 31 heavy (non-hydrogen) atoms. The van der Waals surface area contributed by atoms with Gasteiger partial charge in [-0.1, -0.05) is 12.1 Å². The van der Waals surface area contributed by atoms with E-state index < -0.39 is 0 Å². The Kier molecular flexibility index (Phi) is 12.1. The molecular formula is C23H37FIN3O3. The van der Waals surface area contributed by atoms with Crippen molar-refractivity contribution in [3.8, 4) is 0 Å². The molecule has 0 radical (unpaired) electrons. The zero-order valence-corrected chi connectivity index (χ0v) is 20.9. The lowest BCUT2D eigenvalue weighted by Gasteiger charge is -2.36. The van der Waals surface area contributed by atoms with E-state index in [1.54, 1.807) is 12.1 Å². The summed E-state index contributed by atoms with van der Waals surface area (Å²) < 4.78 is 30.7. The Labute approximate surface area is 202 Å².